The van der Waals surface area contributed by atoms with Crippen LogP contribution in [0.4, 0.5) is 0 Å². The number of rotatable bonds is 4. The molecule has 1 aromatic carbocycles. The molecule has 0 bridgehead atoms. The molecule has 1 saturated carbocycles. The van der Waals surface area contributed by atoms with Gasteiger partial charge in [0, 0.05) is 6.04 Å². The zero-order valence-corrected chi connectivity index (χ0v) is 14.5. The second kappa shape index (κ2) is 7.62. The van der Waals surface area contributed by atoms with Gasteiger partial charge in [0.05, 0.1) is 5.56 Å². The summed E-state index contributed by atoms with van der Waals surface area (Å²) in [5, 5.41) is 3.02. The van der Waals surface area contributed by atoms with Gasteiger partial charge in [-0.2, -0.15) is 0 Å². The molecule has 4 heteroatoms. The van der Waals surface area contributed by atoms with E-state index in [4.69, 9.17) is 4.74 Å². The summed E-state index contributed by atoms with van der Waals surface area (Å²) in [4.78, 5) is 24.2. The van der Waals surface area contributed by atoms with Crippen LogP contribution in [0.3, 0.4) is 0 Å². The largest absolute Gasteiger partial charge is 0.452 e. The summed E-state index contributed by atoms with van der Waals surface area (Å²) >= 11 is 0. The van der Waals surface area contributed by atoms with Crippen LogP contribution in [0.2, 0.25) is 0 Å². The maximum absolute atomic E-state index is 12.1. The lowest BCUT2D eigenvalue weighted by molar-refractivity contribution is -0.125. The van der Waals surface area contributed by atoms with Crippen molar-refractivity contribution in [2.24, 2.45) is 11.8 Å². The van der Waals surface area contributed by atoms with E-state index in [1.54, 1.807) is 6.07 Å². The van der Waals surface area contributed by atoms with Gasteiger partial charge in [0.2, 0.25) is 0 Å². The van der Waals surface area contributed by atoms with Crippen LogP contribution in [0, 0.1) is 25.7 Å². The van der Waals surface area contributed by atoms with E-state index in [1.165, 1.54) is 6.42 Å². The third-order valence-corrected chi connectivity index (χ3v) is 5.21. The first-order valence-corrected chi connectivity index (χ1v) is 8.43. The molecule has 4 nitrogen and oxygen atoms in total. The molecule has 1 aliphatic carbocycles. The van der Waals surface area contributed by atoms with Crippen molar-refractivity contribution in [3.63, 3.8) is 0 Å². The Morgan fingerprint density at radius 1 is 1.22 bits per heavy atom. The smallest absolute Gasteiger partial charge is 0.338 e. The highest BCUT2D eigenvalue weighted by atomic mass is 16.5. The Balaban J connectivity index is 1.86. The third-order valence-electron chi connectivity index (χ3n) is 5.21. The summed E-state index contributed by atoms with van der Waals surface area (Å²) in [6.45, 7) is 8.02. The molecule has 1 aliphatic rings. The van der Waals surface area contributed by atoms with Crippen LogP contribution < -0.4 is 5.32 Å². The lowest BCUT2D eigenvalue weighted by Crippen LogP contribution is -2.45. The number of esters is 1. The van der Waals surface area contributed by atoms with E-state index in [0.717, 1.165) is 24.0 Å². The summed E-state index contributed by atoms with van der Waals surface area (Å²) in [6.07, 6.45) is 3.36. The van der Waals surface area contributed by atoms with Crippen molar-refractivity contribution in [2.75, 3.05) is 6.61 Å². The van der Waals surface area contributed by atoms with E-state index >= 15 is 0 Å². The predicted molar refractivity (Wildman–Crippen MR) is 90.3 cm³/mol. The van der Waals surface area contributed by atoms with Crippen LogP contribution in [0.5, 0.6) is 0 Å². The molecule has 126 valence electrons. The van der Waals surface area contributed by atoms with Crippen LogP contribution in [0.15, 0.2) is 18.2 Å². The Hall–Kier alpha value is -1.84. The topological polar surface area (TPSA) is 55.4 Å². The molecule has 3 atom stereocenters. The maximum Gasteiger partial charge on any atom is 0.338 e. The quantitative estimate of drug-likeness (QED) is 0.866. The Morgan fingerprint density at radius 2 is 1.96 bits per heavy atom. The Kier molecular flexibility index (Phi) is 5.80. The van der Waals surface area contributed by atoms with E-state index in [2.05, 4.69) is 19.2 Å². The van der Waals surface area contributed by atoms with Crippen molar-refractivity contribution < 1.29 is 14.3 Å². The molecule has 23 heavy (non-hydrogen) atoms. The summed E-state index contributed by atoms with van der Waals surface area (Å²) in [5.74, 6) is 0.426. The molecule has 2 rings (SSSR count). The van der Waals surface area contributed by atoms with E-state index < -0.39 is 5.97 Å². The van der Waals surface area contributed by atoms with Crippen molar-refractivity contribution in [3.8, 4) is 0 Å². The lowest BCUT2D eigenvalue weighted by Gasteiger charge is -2.34. The summed E-state index contributed by atoms with van der Waals surface area (Å²) in [6, 6.07) is 5.69. The molecule has 0 heterocycles. The van der Waals surface area contributed by atoms with Gasteiger partial charge in [-0.05, 0) is 49.3 Å². The SMILES string of the molecule is Cc1cccc(C(=O)OCC(=O)N[C@H]2CCC[C@H](C)[C@@H]2C)c1C. The predicted octanol–water partition coefficient (Wildman–Crippen LogP) is 3.40. The lowest BCUT2D eigenvalue weighted by atomic mass is 9.78. The summed E-state index contributed by atoms with van der Waals surface area (Å²) in [5.41, 5.74) is 2.46. The Bertz CT molecular complexity index is 582. The zero-order chi connectivity index (χ0) is 17.0. The first-order valence-electron chi connectivity index (χ1n) is 8.43. The zero-order valence-electron chi connectivity index (χ0n) is 14.5. The molecule has 0 saturated heterocycles. The van der Waals surface area contributed by atoms with Gasteiger partial charge in [0.25, 0.3) is 5.91 Å². The van der Waals surface area contributed by atoms with E-state index in [9.17, 15) is 9.59 Å². The normalized spacial score (nSPS) is 24.1. The fraction of sp³-hybridized carbons (Fsp3) is 0.579. The Morgan fingerprint density at radius 3 is 2.70 bits per heavy atom. The van der Waals surface area contributed by atoms with Gasteiger partial charge in [0.1, 0.15) is 0 Å². The Labute approximate surface area is 138 Å². The molecule has 0 radical (unpaired) electrons. The monoisotopic (exact) mass is 317 g/mol. The number of benzene rings is 1. The highest BCUT2D eigenvalue weighted by Crippen LogP contribution is 2.29. The van der Waals surface area contributed by atoms with Gasteiger partial charge >= 0.3 is 5.97 Å². The minimum absolute atomic E-state index is 0.186. The molecule has 0 aliphatic heterocycles. The van der Waals surface area contributed by atoms with Crippen molar-refractivity contribution in [1.82, 2.24) is 5.32 Å². The minimum Gasteiger partial charge on any atom is -0.452 e. The van der Waals surface area contributed by atoms with Gasteiger partial charge in [-0.3, -0.25) is 4.79 Å². The summed E-state index contributed by atoms with van der Waals surface area (Å²) < 4.78 is 5.18. The van der Waals surface area contributed by atoms with E-state index in [0.29, 0.717) is 17.4 Å². The molecular formula is C19H27NO3. The van der Waals surface area contributed by atoms with Gasteiger partial charge in [-0.15, -0.1) is 0 Å². The van der Waals surface area contributed by atoms with Crippen LogP contribution in [0.1, 0.15) is 54.6 Å². The summed E-state index contributed by atoms with van der Waals surface area (Å²) in [7, 11) is 0. The molecule has 0 unspecified atom stereocenters. The number of amides is 1. The number of carbonyl (C=O) groups excluding carboxylic acids is 2. The van der Waals surface area contributed by atoms with Crippen molar-refractivity contribution >= 4 is 11.9 Å². The maximum atomic E-state index is 12.1. The number of hydrogen-bond acceptors (Lipinski definition) is 3. The molecule has 1 N–H and O–H groups in total. The number of aryl methyl sites for hydroxylation is 1. The van der Waals surface area contributed by atoms with Crippen LogP contribution >= 0.6 is 0 Å². The molecular weight excluding hydrogens is 290 g/mol. The number of ether oxygens (including phenoxy) is 1. The highest BCUT2D eigenvalue weighted by Gasteiger charge is 2.28. The number of hydrogen-bond donors (Lipinski definition) is 1. The average molecular weight is 317 g/mol. The third kappa shape index (κ3) is 4.34. The van der Waals surface area contributed by atoms with Gasteiger partial charge in [-0.25, -0.2) is 4.79 Å². The second-order valence-electron chi connectivity index (χ2n) is 6.76. The minimum atomic E-state index is -0.439. The first-order chi connectivity index (χ1) is 10.9. The van der Waals surface area contributed by atoms with Crippen molar-refractivity contribution in [2.45, 2.75) is 53.0 Å². The average Bonchev–Trinajstić information content (AvgIpc) is 2.52. The van der Waals surface area contributed by atoms with Gasteiger partial charge in [0.15, 0.2) is 6.61 Å². The van der Waals surface area contributed by atoms with Crippen molar-refractivity contribution in [1.29, 1.82) is 0 Å². The van der Waals surface area contributed by atoms with Crippen molar-refractivity contribution in [3.05, 3.63) is 34.9 Å². The standard InChI is InChI=1S/C19H27NO3/c1-12-7-5-9-16(14(12)3)19(22)23-11-18(21)20-17-10-6-8-13(2)15(17)4/h5,7,9,13,15,17H,6,8,10-11H2,1-4H3,(H,20,21)/t13-,15-,17-/m0/s1. The van der Waals surface area contributed by atoms with Crippen LogP contribution in [0.25, 0.3) is 0 Å². The fourth-order valence-corrected chi connectivity index (χ4v) is 3.22. The molecule has 1 fully saturated rings. The van der Waals surface area contributed by atoms with Gasteiger partial charge in [-0.1, -0.05) is 38.8 Å². The molecule has 1 amide bonds. The second-order valence-corrected chi connectivity index (χ2v) is 6.76. The van der Waals surface area contributed by atoms with Crippen LogP contribution in [-0.2, 0) is 9.53 Å². The highest BCUT2D eigenvalue weighted by molar-refractivity contribution is 5.93. The first kappa shape index (κ1) is 17.5. The van der Waals surface area contributed by atoms with E-state index in [-0.39, 0.29) is 18.6 Å². The number of carbonyl (C=O) groups is 2. The molecule has 0 spiro atoms. The molecule has 1 aromatic rings. The number of nitrogens with one attached hydrogen (secondary N) is 1. The van der Waals surface area contributed by atoms with Gasteiger partial charge < -0.3 is 10.1 Å². The fourth-order valence-electron chi connectivity index (χ4n) is 3.22. The van der Waals surface area contributed by atoms with Crippen LogP contribution in [-0.4, -0.2) is 24.5 Å². The molecule has 0 aromatic heterocycles. The van der Waals surface area contributed by atoms with E-state index in [1.807, 2.05) is 26.0 Å².